The van der Waals surface area contributed by atoms with Crippen molar-refractivity contribution in [3.63, 3.8) is 0 Å². The third-order valence-electron chi connectivity index (χ3n) is 0. The normalized spacial score (nSPS) is 0. The van der Waals surface area contributed by atoms with Gasteiger partial charge < -0.3 is 12.3 Å². The summed E-state index contributed by atoms with van der Waals surface area (Å²) >= 11 is 0. The minimum absolute atomic E-state index is 0. The van der Waals surface area contributed by atoms with Gasteiger partial charge in [-0.2, -0.15) is 0 Å². The molecule has 0 N–H and O–H groups in total. The van der Waals surface area contributed by atoms with E-state index in [9.17, 15) is 0 Å². The topological polar surface area (TPSA) is 61.0 Å². The Morgan fingerprint density at radius 1 is 0.364 bits per heavy atom. The zero-order valence-corrected chi connectivity index (χ0v) is 17.1. The van der Waals surface area contributed by atoms with Gasteiger partial charge in [-0.3, -0.25) is 0 Å². The summed E-state index contributed by atoms with van der Waals surface area (Å²) in [6.07, 6.45) is 0. The van der Waals surface area contributed by atoms with Crippen LogP contribution in [0.5, 0.6) is 0 Å². The Hall–Kier alpha value is 4.67. The van der Waals surface area contributed by atoms with Gasteiger partial charge >= 0.3 is 51.2 Å². The van der Waals surface area contributed by atoms with E-state index in [2.05, 4.69) is 0 Å². The summed E-state index contributed by atoms with van der Waals surface area (Å²) < 4.78 is 0. The molecule has 2 nitrogen and oxygen atoms in total. The Bertz CT molecular complexity index is 21.8. The van der Waals surface area contributed by atoms with E-state index in [-0.39, 0.29) is 168 Å². The Balaban J connectivity index is 0. The second kappa shape index (κ2) is 126. The van der Waals surface area contributed by atoms with E-state index in [0.29, 0.717) is 0 Å². The molecule has 0 aliphatic heterocycles. The SMILES string of the molecule is [Cu].[Cu].[Cu].[Ge].[Ge].[Ge].[Mn+2].[Mn+2].[Mn+2].[N-3].[N-3]. The number of nitrogens with zero attached hydrogens (tertiary/aromatic N) is 2. The zero-order valence-electron chi connectivity index (χ0n) is 4.43. The summed E-state index contributed by atoms with van der Waals surface area (Å²) in [6, 6.07) is 0. The maximum atomic E-state index is 0. The molecule has 0 aromatic rings. The largest absolute Gasteiger partial charge is 3.00 e. The molecule has 0 atom stereocenters. The maximum Gasteiger partial charge on any atom is 2.00 e. The minimum Gasteiger partial charge on any atom is -3.00 e. The molecule has 76 valence electrons. The van der Waals surface area contributed by atoms with Crippen molar-refractivity contribution in [3.8, 4) is 0 Å². The molecular weight excluding hydrogens is 601 g/mol. The monoisotopic (exact) mass is 603 g/mol. The van der Waals surface area contributed by atoms with Crippen molar-refractivity contribution < 1.29 is 102 Å². The van der Waals surface area contributed by atoms with Gasteiger partial charge in [0, 0.05) is 104 Å². The standard InChI is InChI=1S/3Cu.3Ge.3Mn.2N/q;;;;;;3*+2;2*-3. The average Bonchev–Trinajstić information content (AvgIpc) is 0. The summed E-state index contributed by atoms with van der Waals surface area (Å²) in [7, 11) is 0. The molecule has 0 saturated heterocycles. The molecule has 0 bridgehead atoms. The molecule has 0 amide bonds. The Morgan fingerprint density at radius 2 is 0.364 bits per heavy atom. The first kappa shape index (κ1) is 155. The Labute approximate surface area is 165 Å². The van der Waals surface area contributed by atoms with E-state index >= 15 is 0 Å². The molecule has 0 unspecified atom stereocenters. The molecule has 0 aromatic heterocycles. The fourth-order valence-corrected chi connectivity index (χ4v) is 0. The summed E-state index contributed by atoms with van der Waals surface area (Å²) in [4.78, 5) is 0. The molecule has 0 saturated carbocycles. The molecule has 0 spiro atoms. The summed E-state index contributed by atoms with van der Waals surface area (Å²) in [5.41, 5.74) is 0. The van der Waals surface area contributed by atoms with Crippen molar-refractivity contribution in [1.29, 1.82) is 0 Å². The van der Waals surface area contributed by atoms with Crippen LogP contribution >= 0.6 is 0 Å². The predicted molar refractivity (Wildman–Crippen MR) is 24.0 cm³/mol. The minimum atomic E-state index is 0. The molecule has 18 radical (unpaired) electrons. The van der Waals surface area contributed by atoms with Crippen molar-refractivity contribution in [1.82, 2.24) is 0 Å². The van der Waals surface area contributed by atoms with Crippen molar-refractivity contribution >= 4 is 52.8 Å². The van der Waals surface area contributed by atoms with Crippen LogP contribution in [0.15, 0.2) is 0 Å². The van der Waals surface area contributed by atoms with E-state index in [0.717, 1.165) is 0 Å². The van der Waals surface area contributed by atoms with E-state index < -0.39 is 0 Å². The van der Waals surface area contributed by atoms with E-state index in [1.807, 2.05) is 0 Å². The van der Waals surface area contributed by atoms with E-state index in [4.69, 9.17) is 0 Å². The van der Waals surface area contributed by atoms with Crippen LogP contribution in [0.25, 0.3) is 12.3 Å². The van der Waals surface area contributed by atoms with Gasteiger partial charge in [0.25, 0.3) is 0 Å². The van der Waals surface area contributed by atoms with E-state index in [1.54, 1.807) is 0 Å². The van der Waals surface area contributed by atoms with Gasteiger partial charge in [0.05, 0.1) is 0 Å². The number of rotatable bonds is 0. The maximum absolute atomic E-state index is 0. The Kier molecular flexibility index (Phi) is 1770. The first-order valence-corrected chi connectivity index (χ1v) is 0. The molecule has 0 aromatic carbocycles. The van der Waals surface area contributed by atoms with Crippen LogP contribution in [0.4, 0.5) is 0 Å². The van der Waals surface area contributed by atoms with Gasteiger partial charge in [-0.1, -0.05) is 0 Å². The summed E-state index contributed by atoms with van der Waals surface area (Å²) in [5, 5.41) is 0. The van der Waals surface area contributed by atoms with Gasteiger partial charge in [-0.15, -0.1) is 0 Å². The fourth-order valence-electron chi connectivity index (χ4n) is 0. The first-order valence-electron chi connectivity index (χ1n) is 0. The van der Waals surface area contributed by atoms with Crippen LogP contribution in [-0.4, -0.2) is 52.8 Å². The smallest absolute Gasteiger partial charge is 2.00 e. The van der Waals surface area contributed by atoms with Crippen LogP contribution in [0.2, 0.25) is 0 Å². The number of hydrogen-bond donors (Lipinski definition) is 0. The average molecular weight is 601 g/mol. The Morgan fingerprint density at radius 3 is 0.364 bits per heavy atom. The van der Waals surface area contributed by atoms with E-state index in [1.165, 1.54) is 0 Å². The van der Waals surface area contributed by atoms with Crippen molar-refractivity contribution in [2.24, 2.45) is 0 Å². The van der Waals surface area contributed by atoms with Crippen molar-refractivity contribution in [2.75, 3.05) is 0 Å². The molecular formula is Cu3Ge3Mn3N2. The third-order valence-corrected chi connectivity index (χ3v) is 0. The quantitative estimate of drug-likeness (QED) is 0.334. The molecule has 11 heteroatoms. The molecule has 0 heterocycles. The predicted octanol–water partition coefficient (Wildman–Crippen LogP) is -0.580. The van der Waals surface area contributed by atoms with Crippen LogP contribution in [0.3, 0.4) is 0 Å². The summed E-state index contributed by atoms with van der Waals surface area (Å²) in [6.45, 7) is 0. The fraction of sp³-hybridized carbons (Fsp3) is 0. The first-order chi connectivity index (χ1) is 0. The number of hydrogen-bond acceptors (Lipinski definition) is 0. The van der Waals surface area contributed by atoms with Gasteiger partial charge in [-0.05, 0) is 0 Å². The summed E-state index contributed by atoms with van der Waals surface area (Å²) in [5.74, 6) is 0. The van der Waals surface area contributed by atoms with Crippen molar-refractivity contribution in [2.45, 2.75) is 0 Å². The van der Waals surface area contributed by atoms with Gasteiger partial charge in [0.1, 0.15) is 0 Å². The second-order valence-corrected chi connectivity index (χ2v) is 0. The van der Waals surface area contributed by atoms with Gasteiger partial charge in [0.2, 0.25) is 0 Å². The third kappa shape index (κ3) is 108. The molecule has 11 heavy (non-hydrogen) atoms. The molecule has 0 aliphatic carbocycles. The molecule has 0 fully saturated rings. The second-order valence-electron chi connectivity index (χ2n) is 0. The van der Waals surface area contributed by atoms with Gasteiger partial charge in [0.15, 0.2) is 0 Å². The van der Waals surface area contributed by atoms with Gasteiger partial charge in [-0.25, -0.2) is 0 Å². The van der Waals surface area contributed by atoms with Crippen LogP contribution in [-0.2, 0) is 102 Å². The zero-order chi connectivity index (χ0) is 0. The molecule has 0 rings (SSSR count). The van der Waals surface area contributed by atoms with Crippen LogP contribution in [0, 0.1) is 0 Å². The van der Waals surface area contributed by atoms with Crippen molar-refractivity contribution in [3.05, 3.63) is 12.3 Å². The van der Waals surface area contributed by atoms with Crippen LogP contribution in [0.1, 0.15) is 0 Å². The molecule has 0 aliphatic rings. The van der Waals surface area contributed by atoms with Crippen LogP contribution < -0.4 is 0 Å².